The van der Waals surface area contributed by atoms with Gasteiger partial charge in [0, 0.05) is 19.3 Å². The van der Waals surface area contributed by atoms with Gasteiger partial charge in [-0.25, -0.2) is 13.2 Å². The van der Waals surface area contributed by atoms with Gasteiger partial charge in [0.25, 0.3) is 5.91 Å². The van der Waals surface area contributed by atoms with E-state index in [0.717, 1.165) is 25.5 Å². The van der Waals surface area contributed by atoms with Gasteiger partial charge in [0.05, 0.1) is 10.5 Å². The molecule has 0 bridgehead atoms. The van der Waals surface area contributed by atoms with E-state index in [1.165, 1.54) is 29.8 Å². The van der Waals surface area contributed by atoms with Crippen LogP contribution >= 0.6 is 0 Å². The monoisotopic (exact) mass is 415 g/mol. The van der Waals surface area contributed by atoms with Crippen LogP contribution in [0.15, 0.2) is 59.5 Å². The third kappa shape index (κ3) is 5.90. The molecule has 0 spiro atoms. The second kappa shape index (κ2) is 9.22. The first kappa shape index (κ1) is 21.0. The lowest BCUT2D eigenvalue weighted by Crippen LogP contribution is -2.41. The highest BCUT2D eigenvalue weighted by atomic mass is 32.2. The minimum Gasteiger partial charge on any atom is -0.452 e. The van der Waals surface area contributed by atoms with E-state index in [1.807, 2.05) is 18.2 Å². The third-order valence-electron chi connectivity index (χ3n) is 5.16. The quantitative estimate of drug-likeness (QED) is 0.678. The van der Waals surface area contributed by atoms with Crippen molar-refractivity contribution < 1.29 is 22.7 Å². The highest BCUT2D eigenvalue weighted by Gasteiger charge is 2.24. The SMILES string of the molecule is CS(=O)(=O)c1cccc(C(=O)OCC(=O)N2CCC(Cc3ccccc3)CC2)c1. The summed E-state index contributed by atoms with van der Waals surface area (Å²) < 4.78 is 28.3. The lowest BCUT2D eigenvalue weighted by atomic mass is 9.90. The van der Waals surface area contributed by atoms with Crippen LogP contribution in [0.4, 0.5) is 0 Å². The van der Waals surface area contributed by atoms with Crippen LogP contribution in [0.5, 0.6) is 0 Å². The number of hydrogen-bond donors (Lipinski definition) is 0. The summed E-state index contributed by atoms with van der Waals surface area (Å²) in [4.78, 5) is 26.3. The number of carbonyl (C=O) groups is 2. The third-order valence-corrected chi connectivity index (χ3v) is 6.27. The minimum atomic E-state index is -3.42. The van der Waals surface area contributed by atoms with Gasteiger partial charge in [0.1, 0.15) is 0 Å². The summed E-state index contributed by atoms with van der Waals surface area (Å²) in [5.41, 5.74) is 1.42. The number of nitrogens with zero attached hydrogens (tertiary/aromatic N) is 1. The maximum absolute atomic E-state index is 12.4. The van der Waals surface area contributed by atoms with Gasteiger partial charge in [-0.1, -0.05) is 36.4 Å². The Balaban J connectivity index is 1.47. The maximum atomic E-state index is 12.4. The van der Waals surface area contributed by atoms with Gasteiger partial charge in [-0.3, -0.25) is 4.79 Å². The number of ether oxygens (including phenoxy) is 1. The highest BCUT2D eigenvalue weighted by molar-refractivity contribution is 7.90. The molecule has 1 saturated heterocycles. The van der Waals surface area contributed by atoms with Crippen molar-refractivity contribution in [1.29, 1.82) is 0 Å². The van der Waals surface area contributed by atoms with Crippen LogP contribution in [0.2, 0.25) is 0 Å². The van der Waals surface area contributed by atoms with E-state index in [0.29, 0.717) is 19.0 Å². The molecule has 2 aromatic rings. The number of likely N-dealkylation sites (tertiary alicyclic amines) is 1. The zero-order chi connectivity index (χ0) is 20.9. The van der Waals surface area contributed by atoms with E-state index in [4.69, 9.17) is 4.74 Å². The smallest absolute Gasteiger partial charge is 0.338 e. The molecule has 1 aliphatic heterocycles. The van der Waals surface area contributed by atoms with E-state index in [1.54, 1.807) is 4.90 Å². The van der Waals surface area contributed by atoms with Crippen LogP contribution in [0.25, 0.3) is 0 Å². The van der Waals surface area contributed by atoms with Crippen LogP contribution in [0, 0.1) is 5.92 Å². The summed E-state index contributed by atoms with van der Waals surface area (Å²) in [6.07, 6.45) is 3.92. The standard InChI is InChI=1S/C22H25NO5S/c1-29(26,27)20-9-5-8-19(15-20)22(25)28-16-21(24)23-12-10-18(11-13-23)14-17-6-3-2-4-7-17/h2-9,15,18H,10-14,16H2,1H3. The van der Waals surface area contributed by atoms with E-state index in [2.05, 4.69) is 12.1 Å². The fraction of sp³-hybridized carbons (Fsp3) is 0.364. The van der Waals surface area contributed by atoms with E-state index in [9.17, 15) is 18.0 Å². The van der Waals surface area contributed by atoms with Crippen molar-refractivity contribution in [2.75, 3.05) is 26.0 Å². The average molecular weight is 416 g/mol. The second-order valence-corrected chi connectivity index (χ2v) is 9.41. The lowest BCUT2D eigenvalue weighted by Gasteiger charge is -2.32. The van der Waals surface area contributed by atoms with E-state index in [-0.39, 0.29) is 23.0 Å². The summed E-state index contributed by atoms with van der Waals surface area (Å²) in [5.74, 6) is -0.388. The first-order valence-electron chi connectivity index (χ1n) is 9.62. The molecule has 0 N–H and O–H groups in total. The maximum Gasteiger partial charge on any atom is 0.338 e. The van der Waals surface area contributed by atoms with Crippen molar-refractivity contribution in [3.8, 4) is 0 Å². The van der Waals surface area contributed by atoms with Crippen LogP contribution in [0.1, 0.15) is 28.8 Å². The second-order valence-electron chi connectivity index (χ2n) is 7.39. The Morgan fingerprint density at radius 3 is 2.38 bits per heavy atom. The summed E-state index contributed by atoms with van der Waals surface area (Å²) in [6.45, 7) is 0.959. The Hall–Kier alpha value is -2.67. The molecule has 1 aliphatic rings. The van der Waals surface area contributed by atoms with Crippen LogP contribution in [-0.2, 0) is 25.8 Å². The first-order chi connectivity index (χ1) is 13.8. The van der Waals surface area contributed by atoms with Gasteiger partial charge in [-0.2, -0.15) is 0 Å². The van der Waals surface area contributed by atoms with Crippen LogP contribution < -0.4 is 0 Å². The van der Waals surface area contributed by atoms with Crippen LogP contribution in [-0.4, -0.2) is 51.1 Å². The predicted octanol–water partition coefficient (Wildman–Crippen LogP) is 2.73. The molecule has 0 aromatic heterocycles. The molecular formula is C22H25NO5S. The molecule has 3 rings (SSSR count). The number of piperidine rings is 1. The first-order valence-corrected chi connectivity index (χ1v) is 11.5. The Morgan fingerprint density at radius 1 is 1.03 bits per heavy atom. The molecule has 7 heteroatoms. The number of sulfone groups is 1. The number of benzene rings is 2. The van der Waals surface area contributed by atoms with Crippen molar-refractivity contribution in [3.63, 3.8) is 0 Å². The Bertz CT molecular complexity index is 964. The Morgan fingerprint density at radius 2 is 1.72 bits per heavy atom. The molecule has 29 heavy (non-hydrogen) atoms. The number of amides is 1. The van der Waals surface area contributed by atoms with Gasteiger partial charge in [-0.15, -0.1) is 0 Å². The zero-order valence-electron chi connectivity index (χ0n) is 16.4. The fourth-order valence-electron chi connectivity index (χ4n) is 3.49. The van der Waals surface area contributed by atoms with Gasteiger partial charge in [0.2, 0.25) is 0 Å². The number of hydrogen-bond acceptors (Lipinski definition) is 5. The molecule has 0 saturated carbocycles. The zero-order valence-corrected chi connectivity index (χ0v) is 17.2. The van der Waals surface area contributed by atoms with Crippen molar-refractivity contribution in [2.24, 2.45) is 5.92 Å². The molecule has 0 aliphatic carbocycles. The molecular weight excluding hydrogens is 390 g/mol. The Labute approximate surface area is 171 Å². The molecule has 154 valence electrons. The number of rotatable bonds is 6. The molecule has 0 unspecified atom stereocenters. The van der Waals surface area contributed by atoms with E-state index >= 15 is 0 Å². The van der Waals surface area contributed by atoms with Crippen molar-refractivity contribution in [2.45, 2.75) is 24.2 Å². The minimum absolute atomic E-state index is 0.0405. The molecule has 2 aromatic carbocycles. The summed E-state index contributed by atoms with van der Waals surface area (Å²) in [6, 6.07) is 15.9. The molecule has 1 heterocycles. The molecule has 1 fully saturated rings. The van der Waals surface area contributed by atoms with Crippen LogP contribution in [0.3, 0.4) is 0 Å². The van der Waals surface area contributed by atoms with Gasteiger partial charge >= 0.3 is 5.97 Å². The molecule has 0 radical (unpaired) electrons. The highest BCUT2D eigenvalue weighted by Crippen LogP contribution is 2.22. The summed E-state index contributed by atoms with van der Waals surface area (Å²) in [5, 5.41) is 0. The normalized spacial score (nSPS) is 15.1. The summed E-state index contributed by atoms with van der Waals surface area (Å²) in [7, 11) is -3.42. The fourth-order valence-corrected chi connectivity index (χ4v) is 4.16. The molecule has 6 nitrogen and oxygen atoms in total. The topological polar surface area (TPSA) is 80.7 Å². The number of esters is 1. The van der Waals surface area contributed by atoms with Crippen molar-refractivity contribution in [1.82, 2.24) is 4.90 Å². The lowest BCUT2D eigenvalue weighted by molar-refractivity contribution is -0.135. The van der Waals surface area contributed by atoms with E-state index < -0.39 is 15.8 Å². The van der Waals surface area contributed by atoms with Crippen molar-refractivity contribution >= 4 is 21.7 Å². The van der Waals surface area contributed by atoms with Gasteiger partial charge < -0.3 is 9.64 Å². The molecule has 0 atom stereocenters. The number of carbonyl (C=O) groups excluding carboxylic acids is 2. The Kier molecular flexibility index (Phi) is 6.69. The largest absolute Gasteiger partial charge is 0.452 e. The predicted molar refractivity (Wildman–Crippen MR) is 109 cm³/mol. The van der Waals surface area contributed by atoms with Gasteiger partial charge in [-0.05, 0) is 48.9 Å². The van der Waals surface area contributed by atoms with Crippen molar-refractivity contribution in [3.05, 3.63) is 65.7 Å². The van der Waals surface area contributed by atoms with Gasteiger partial charge in [0.15, 0.2) is 16.4 Å². The average Bonchev–Trinajstić information content (AvgIpc) is 2.72. The molecule has 1 amide bonds. The summed E-state index contributed by atoms with van der Waals surface area (Å²) >= 11 is 0.